The van der Waals surface area contributed by atoms with Crippen molar-refractivity contribution in [2.75, 3.05) is 14.1 Å². The molecule has 0 unspecified atom stereocenters. The van der Waals surface area contributed by atoms with Crippen molar-refractivity contribution >= 4 is 6.29 Å². The van der Waals surface area contributed by atoms with E-state index in [1.165, 1.54) is 0 Å². The molecule has 0 saturated carbocycles. The first-order chi connectivity index (χ1) is 5.65. The Morgan fingerprint density at radius 2 is 2.25 bits per heavy atom. The van der Waals surface area contributed by atoms with E-state index < -0.39 is 0 Å². The van der Waals surface area contributed by atoms with E-state index in [2.05, 4.69) is 5.16 Å². The summed E-state index contributed by atoms with van der Waals surface area (Å²) in [5, 5.41) is 3.62. The van der Waals surface area contributed by atoms with Gasteiger partial charge in [-0.15, -0.1) is 0 Å². The molecule has 0 aliphatic heterocycles. The van der Waals surface area contributed by atoms with Crippen molar-refractivity contribution in [1.82, 2.24) is 10.1 Å². The van der Waals surface area contributed by atoms with E-state index in [1.807, 2.05) is 19.0 Å². The van der Waals surface area contributed by atoms with E-state index in [1.54, 1.807) is 6.92 Å². The van der Waals surface area contributed by atoms with Crippen LogP contribution in [-0.2, 0) is 6.54 Å². The fourth-order valence-electron chi connectivity index (χ4n) is 1.01. The normalized spacial score (nSPS) is 10.7. The molecule has 0 saturated heterocycles. The molecule has 0 spiro atoms. The Morgan fingerprint density at radius 1 is 1.58 bits per heavy atom. The van der Waals surface area contributed by atoms with Crippen LogP contribution < -0.4 is 0 Å². The Kier molecular flexibility index (Phi) is 2.60. The predicted octanol–water partition coefficient (Wildman–Crippen LogP) is 0.857. The molecule has 4 nitrogen and oxygen atoms in total. The van der Waals surface area contributed by atoms with Crippen LogP contribution in [0.5, 0.6) is 0 Å². The first kappa shape index (κ1) is 8.93. The monoisotopic (exact) mass is 168 g/mol. The van der Waals surface area contributed by atoms with Crippen LogP contribution in [0.25, 0.3) is 0 Å². The second-order valence-corrected chi connectivity index (χ2v) is 2.96. The topological polar surface area (TPSA) is 46.3 Å². The maximum Gasteiger partial charge on any atom is 0.172 e. The highest BCUT2D eigenvalue weighted by Crippen LogP contribution is 2.12. The zero-order valence-electron chi connectivity index (χ0n) is 7.50. The molecular weight excluding hydrogens is 156 g/mol. The molecule has 0 bridgehead atoms. The Hall–Kier alpha value is -1.16. The standard InChI is InChI=1S/C8H12N2O2/c1-6-7(4-10(2)3)8(5-11)9-12-6/h5H,4H2,1-3H3. The van der Waals surface area contributed by atoms with Crippen molar-refractivity contribution in [3.05, 3.63) is 17.0 Å². The van der Waals surface area contributed by atoms with E-state index in [0.717, 1.165) is 11.8 Å². The van der Waals surface area contributed by atoms with E-state index in [9.17, 15) is 4.79 Å². The molecule has 12 heavy (non-hydrogen) atoms. The molecule has 1 rings (SSSR count). The van der Waals surface area contributed by atoms with Crippen molar-refractivity contribution < 1.29 is 9.32 Å². The molecule has 0 aromatic carbocycles. The maximum atomic E-state index is 10.5. The van der Waals surface area contributed by atoms with Crippen molar-refractivity contribution in [3.8, 4) is 0 Å². The highest BCUT2D eigenvalue weighted by Gasteiger charge is 2.11. The first-order valence-corrected chi connectivity index (χ1v) is 3.70. The van der Waals surface area contributed by atoms with Crippen LogP contribution in [0.15, 0.2) is 4.52 Å². The smallest absolute Gasteiger partial charge is 0.172 e. The SMILES string of the molecule is Cc1onc(C=O)c1CN(C)C. The molecule has 0 fully saturated rings. The van der Waals surface area contributed by atoms with Gasteiger partial charge in [0.1, 0.15) is 5.76 Å². The number of hydrogen-bond acceptors (Lipinski definition) is 4. The maximum absolute atomic E-state index is 10.5. The Bertz CT molecular complexity index is 279. The summed E-state index contributed by atoms with van der Waals surface area (Å²) in [4.78, 5) is 12.4. The van der Waals surface area contributed by atoms with E-state index in [-0.39, 0.29) is 0 Å². The third-order valence-corrected chi connectivity index (χ3v) is 1.60. The summed E-state index contributed by atoms with van der Waals surface area (Å²) >= 11 is 0. The number of aldehydes is 1. The lowest BCUT2D eigenvalue weighted by molar-refractivity contribution is 0.111. The number of aromatic nitrogens is 1. The zero-order chi connectivity index (χ0) is 9.14. The highest BCUT2D eigenvalue weighted by atomic mass is 16.5. The lowest BCUT2D eigenvalue weighted by Gasteiger charge is -2.07. The molecule has 0 aliphatic rings. The van der Waals surface area contributed by atoms with Gasteiger partial charge in [0.25, 0.3) is 0 Å². The summed E-state index contributed by atoms with van der Waals surface area (Å²) in [5.74, 6) is 0.714. The van der Waals surface area contributed by atoms with Crippen molar-refractivity contribution in [1.29, 1.82) is 0 Å². The average molecular weight is 168 g/mol. The fourth-order valence-corrected chi connectivity index (χ4v) is 1.01. The molecule has 1 heterocycles. The van der Waals surface area contributed by atoms with E-state index in [0.29, 0.717) is 18.0 Å². The zero-order valence-corrected chi connectivity index (χ0v) is 7.50. The number of rotatable bonds is 3. The average Bonchev–Trinajstić information content (AvgIpc) is 2.32. The van der Waals surface area contributed by atoms with Gasteiger partial charge in [0.2, 0.25) is 0 Å². The van der Waals surface area contributed by atoms with Crippen LogP contribution in [0.1, 0.15) is 21.8 Å². The number of aryl methyl sites for hydroxylation is 1. The minimum Gasteiger partial charge on any atom is -0.361 e. The molecule has 0 aliphatic carbocycles. The number of nitrogens with zero attached hydrogens (tertiary/aromatic N) is 2. The van der Waals surface area contributed by atoms with Crippen LogP contribution in [-0.4, -0.2) is 30.4 Å². The summed E-state index contributed by atoms with van der Waals surface area (Å²) < 4.78 is 4.88. The molecule has 0 N–H and O–H groups in total. The minimum atomic E-state index is 0.404. The van der Waals surface area contributed by atoms with Gasteiger partial charge in [0.15, 0.2) is 12.0 Å². The fraction of sp³-hybridized carbons (Fsp3) is 0.500. The summed E-state index contributed by atoms with van der Waals surface area (Å²) in [6, 6.07) is 0. The molecule has 66 valence electrons. The van der Waals surface area contributed by atoms with E-state index in [4.69, 9.17) is 4.52 Å². The van der Waals surface area contributed by atoms with Gasteiger partial charge in [-0.25, -0.2) is 0 Å². The van der Waals surface area contributed by atoms with Gasteiger partial charge < -0.3 is 9.42 Å². The lowest BCUT2D eigenvalue weighted by Crippen LogP contribution is -2.12. The molecule has 0 radical (unpaired) electrons. The Morgan fingerprint density at radius 3 is 2.75 bits per heavy atom. The summed E-state index contributed by atoms with van der Waals surface area (Å²) in [6.45, 7) is 2.49. The van der Waals surface area contributed by atoms with Gasteiger partial charge in [0, 0.05) is 12.1 Å². The number of carbonyl (C=O) groups is 1. The summed E-state index contributed by atoms with van der Waals surface area (Å²) in [5.41, 5.74) is 1.27. The first-order valence-electron chi connectivity index (χ1n) is 3.70. The van der Waals surface area contributed by atoms with Crippen LogP contribution in [0.4, 0.5) is 0 Å². The predicted molar refractivity (Wildman–Crippen MR) is 44.0 cm³/mol. The third kappa shape index (κ3) is 1.71. The minimum absolute atomic E-state index is 0.404. The van der Waals surface area contributed by atoms with Crippen molar-refractivity contribution in [2.45, 2.75) is 13.5 Å². The van der Waals surface area contributed by atoms with Crippen LogP contribution in [0.3, 0.4) is 0 Å². The molecule has 0 amide bonds. The lowest BCUT2D eigenvalue weighted by atomic mass is 10.2. The molecule has 1 aromatic heterocycles. The van der Waals surface area contributed by atoms with Crippen LogP contribution in [0.2, 0.25) is 0 Å². The summed E-state index contributed by atoms with van der Waals surface area (Å²) in [6.07, 6.45) is 0.718. The highest BCUT2D eigenvalue weighted by molar-refractivity contribution is 5.74. The summed E-state index contributed by atoms with van der Waals surface area (Å²) in [7, 11) is 3.86. The third-order valence-electron chi connectivity index (χ3n) is 1.60. The molecule has 1 aromatic rings. The Labute approximate surface area is 71.1 Å². The van der Waals surface area contributed by atoms with Crippen molar-refractivity contribution in [3.63, 3.8) is 0 Å². The van der Waals surface area contributed by atoms with Crippen molar-refractivity contribution in [2.24, 2.45) is 0 Å². The quantitative estimate of drug-likeness (QED) is 0.628. The van der Waals surface area contributed by atoms with E-state index >= 15 is 0 Å². The number of carbonyl (C=O) groups excluding carboxylic acids is 1. The largest absolute Gasteiger partial charge is 0.361 e. The van der Waals surface area contributed by atoms with Gasteiger partial charge in [-0.05, 0) is 21.0 Å². The second kappa shape index (κ2) is 3.49. The van der Waals surface area contributed by atoms with Crippen LogP contribution >= 0.6 is 0 Å². The van der Waals surface area contributed by atoms with Gasteiger partial charge in [-0.1, -0.05) is 5.16 Å². The second-order valence-electron chi connectivity index (χ2n) is 2.96. The van der Waals surface area contributed by atoms with Crippen LogP contribution in [0, 0.1) is 6.92 Å². The molecule has 4 heteroatoms. The Balaban J connectivity index is 2.94. The number of hydrogen-bond donors (Lipinski definition) is 0. The van der Waals surface area contributed by atoms with Gasteiger partial charge in [-0.2, -0.15) is 0 Å². The van der Waals surface area contributed by atoms with Gasteiger partial charge >= 0.3 is 0 Å². The van der Waals surface area contributed by atoms with Gasteiger partial charge in [0.05, 0.1) is 0 Å². The molecule has 0 atom stereocenters. The molecular formula is C8H12N2O2. The van der Waals surface area contributed by atoms with Gasteiger partial charge in [-0.3, -0.25) is 4.79 Å².